The van der Waals surface area contributed by atoms with E-state index in [0.717, 1.165) is 25.0 Å². The van der Waals surface area contributed by atoms with E-state index >= 15 is 0 Å². The summed E-state index contributed by atoms with van der Waals surface area (Å²) in [7, 11) is 0. The summed E-state index contributed by atoms with van der Waals surface area (Å²) in [5.41, 5.74) is 1.78. The summed E-state index contributed by atoms with van der Waals surface area (Å²) in [6.45, 7) is 11.1. The zero-order chi connectivity index (χ0) is 11.5. The van der Waals surface area contributed by atoms with E-state index in [1.165, 1.54) is 18.4 Å². The monoisotopic (exact) mass is 208 g/mol. The van der Waals surface area contributed by atoms with Crippen molar-refractivity contribution in [1.29, 1.82) is 0 Å². The summed E-state index contributed by atoms with van der Waals surface area (Å²) < 4.78 is 0. The Morgan fingerprint density at radius 3 is 2.67 bits per heavy atom. The Kier molecular flexibility index (Phi) is 4.12. The highest BCUT2D eigenvalue weighted by molar-refractivity contribution is 5.49. The Morgan fingerprint density at radius 1 is 1.47 bits per heavy atom. The molecule has 1 unspecified atom stereocenters. The number of carbonyl (C=O) groups excluding carboxylic acids is 1. The van der Waals surface area contributed by atoms with E-state index in [2.05, 4.69) is 27.4 Å². The Morgan fingerprint density at radius 2 is 2.13 bits per heavy atom. The quantitative estimate of drug-likeness (QED) is 0.506. The molecule has 0 N–H and O–H groups in total. The first-order valence-electron chi connectivity index (χ1n) is 6.06. The maximum atomic E-state index is 10.4. The molecular formula is C14H24O. The highest BCUT2D eigenvalue weighted by Gasteiger charge is 2.31. The minimum absolute atomic E-state index is 0.403. The van der Waals surface area contributed by atoms with Crippen molar-refractivity contribution in [3.05, 3.63) is 12.2 Å². The molecule has 0 aliphatic heterocycles. The summed E-state index contributed by atoms with van der Waals surface area (Å²) in [5, 5.41) is 0. The van der Waals surface area contributed by atoms with Crippen molar-refractivity contribution in [3.63, 3.8) is 0 Å². The van der Waals surface area contributed by atoms with Crippen LogP contribution in [-0.2, 0) is 4.79 Å². The molecule has 1 rings (SSSR count). The summed E-state index contributed by atoms with van der Waals surface area (Å²) in [6.07, 6.45) is 6.41. The zero-order valence-corrected chi connectivity index (χ0v) is 10.4. The van der Waals surface area contributed by atoms with Gasteiger partial charge >= 0.3 is 0 Å². The van der Waals surface area contributed by atoms with E-state index in [0.29, 0.717) is 17.8 Å². The number of aldehydes is 1. The van der Waals surface area contributed by atoms with Gasteiger partial charge in [-0.15, -0.1) is 0 Å². The molecule has 15 heavy (non-hydrogen) atoms. The maximum absolute atomic E-state index is 10.4. The van der Waals surface area contributed by atoms with Gasteiger partial charge < -0.3 is 4.79 Å². The van der Waals surface area contributed by atoms with Gasteiger partial charge in [0.25, 0.3) is 0 Å². The molecule has 0 aromatic heterocycles. The van der Waals surface area contributed by atoms with Crippen LogP contribution in [0.4, 0.5) is 0 Å². The van der Waals surface area contributed by atoms with Gasteiger partial charge in [-0.25, -0.2) is 0 Å². The molecule has 1 saturated carbocycles. The fourth-order valence-corrected chi connectivity index (χ4v) is 2.57. The van der Waals surface area contributed by atoms with Crippen LogP contribution in [0.1, 0.15) is 52.9 Å². The second kappa shape index (κ2) is 4.96. The van der Waals surface area contributed by atoms with Crippen molar-refractivity contribution < 1.29 is 4.79 Å². The molecule has 86 valence electrons. The van der Waals surface area contributed by atoms with Crippen LogP contribution in [0.15, 0.2) is 12.2 Å². The van der Waals surface area contributed by atoms with Crippen LogP contribution in [-0.4, -0.2) is 6.29 Å². The van der Waals surface area contributed by atoms with Gasteiger partial charge in [0, 0.05) is 6.42 Å². The number of carbonyl (C=O) groups is 1. The molecule has 0 bridgehead atoms. The van der Waals surface area contributed by atoms with E-state index in [1.807, 2.05) is 0 Å². The maximum Gasteiger partial charge on any atom is 0.120 e. The lowest BCUT2D eigenvalue weighted by atomic mass is 9.67. The molecule has 0 spiro atoms. The van der Waals surface area contributed by atoms with Crippen LogP contribution in [0.2, 0.25) is 0 Å². The van der Waals surface area contributed by atoms with E-state index in [9.17, 15) is 4.79 Å². The molecule has 1 nitrogen and oxygen atoms in total. The van der Waals surface area contributed by atoms with Gasteiger partial charge in [-0.05, 0) is 42.9 Å². The summed E-state index contributed by atoms with van der Waals surface area (Å²) in [4.78, 5) is 10.4. The van der Waals surface area contributed by atoms with E-state index in [4.69, 9.17) is 0 Å². The minimum atomic E-state index is 0.403. The molecule has 2 atom stereocenters. The molecule has 1 aliphatic rings. The smallest absolute Gasteiger partial charge is 0.120 e. The number of hydrogen-bond donors (Lipinski definition) is 0. The van der Waals surface area contributed by atoms with E-state index in [1.54, 1.807) is 0 Å². The Hall–Kier alpha value is -0.590. The van der Waals surface area contributed by atoms with Crippen molar-refractivity contribution in [2.45, 2.75) is 52.9 Å². The molecule has 0 aromatic rings. The second-order valence-electron chi connectivity index (χ2n) is 5.94. The Bertz CT molecular complexity index is 234. The van der Waals surface area contributed by atoms with Gasteiger partial charge in [0.2, 0.25) is 0 Å². The predicted molar refractivity (Wildman–Crippen MR) is 64.7 cm³/mol. The number of hydrogen-bond acceptors (Lipinski definition) is 1. The normalized spacial score (nSPS) is 27.8. The first-order chi connectivity index (χ1) is 6.95. The standard InChI is InChI=1S/C14H24O/c1-11-7-8-13(14(2,3)4)10-12(11)6-5-9-15/h9,12-13H,1,5-8,10H2,2-4H3/t12?,13-/m1/s1. The van der Waals surface area contributed by atoms with Crippen LogP contribution in [0.3, 0.4) is 0 Å². The van der Waals surface area contributed by atoms with Crippen molar-refractivity contribution in [2.75, 3.05) is 0 Å². The van der Waals surface area contributed by atoms with Crippen LogP contribution >= 0.6 is 0 Å². The van der Waals surface area contributed by atoms with Crippen LogP contribution < -0.4 is 0 Å². The first kappa shape index (κ1) is 12.5. The van der Waals surface area contributed by atoms with Crippen molar-refractivity contribution in [2.24, 2.45) is 17.3 Å². The fourth-order valence-electron chi connectivity index (χ4n) is 2.57. The molecule has 0 radical (unpaired) electrons. The Balaban J connectivity index is 2.55. The lowest BCUT2D eigenvalue weighted by molar-refractivity contribution is -0.108. The zero-order valence-electron chi connectivity index (χ0n) is 10.4. The number of rotatable bonds is 3. The topological polar surface area (TPSA) is 17.1 Å². The lowest BCUT2D eigenvalue weighted by Gasteiger charge is -2.38. The van der Waals surface area contributed by atoms with E-state index < -0.39 is 0 Å². The number of allylic oxidation sites excluding steroid dienone is 1. The van der Waals surface area contributed by atoms with Gasteiger partial charge in [-0.1, -0.05) is 32.9 Å². The van der Waals surface area contributed by atoms with Gasteiger partial charge in [-0.2, -0.15) is 0 Å². The summed E-state index contributed by atoms with van der Waals surface area (Å²) in [6, 6.07) is 0. The average Bonchev–Trinajstić information content (AvgIpc) is 2.15. The molecule has 1 heteroatoms. The van der Waals surface area contributed by atoms with Crippen molar-refractivity contribution >= 4 is 6.29 Å². The van der Waals surface area contributed by atoms with Crippen molar-refractivity contribution in [3.8, 4) is 0 Å². The highest BCUT2D eigenvalue weighted by atomic mass is 16.1. The third kappa shape index (κ3) is 3.48. The predicted octanol–water partition coefficient (Wildman–Crippen LogP) is 3.98. The van der Waals surface area contributed by atoms with Gasteiger partial charge in [0.05, 0.1) is 0 Å². The van der Waals surface area contributed by atoms with Crippen LogP contribution in [0.25, 0.3) is 0 Å². The average molecular weight is 208 g/mol. The van der Waals surface area contributed by atoms with Gasteiger partial charge in [0.1, 0.15) is 6.29 Å². The molecule has 0 heterocycles. The molecule has 1 aliphatic carbocycles. The molecule has 0 saturated heterocycles. The van der Waals surface area contributed by atoms with Gasteiger partial charge in [-0.3, -0.25) is 0 Å². The fraction of sp³-hybridized carbons (Fsp3) is 0.786. The molecule has 0 amide bonds. The minimum Gasteiger partial charge on any atom is -0.303 e. The Labute approximate surface area is 93.9 Å². The summed E-state index contributed by atoms with van der Waals surface area (Å²) >= 11 is 0. The van der Waals surface area contributed by atoms with Crippen LogP contribution in [0, 0.1) is 17.3 Å². The third-order valence-corrected chi connectivity index (χ3v) is 3.82. The summed E-state index contributed by atoms with van der Waals surface area (Å²) in [5.74, 6) is 1.38. The molecule has 1 fully saturated rings. The first-order valence-corrected chi connectivity index (χ1v) is 6.06. The SMILES string of the molecule is C=C1CC[C@@H](C(C)(C)C)CC1CCC=O. The van der Waals surface area contributed by atoms with Crippen LogP contribution in [0.5, 0.6) is 0 Å². The van der Waals surface area contributed by atoms with Crippen molar-refractivity contribution in [1.82, 2.24) is 0 Å². The highest BCUT2D eigenvalue weighted by Crippen LogP contribution is 2.43. The largest absolute Gasteiger partial charge is 0.303 e. The van der Waals surface area contributed by atoms with Gasteiger partial charge in [0.15, 0.2) is 0 Å². The third-order valence-electron chi connectivity index (χ3n) is 3.82. The second-order valence-corrected chi connectivity index (χ2v) is 5.94. The molecule has 0 aromatic carbocycles. The molecular weight excluding hydrogens is 184 g/mol. The lowest BCUT2D eigenvalue weighted by Crippen LogP contribution is -2.28. The van der Waals surface area contributed by atoms with E-state index in [-0.39, 0.29) is 0 Å².